The number of fused-ring (bicyclic) bond motifs is 1. The second-order valence-electron chi connectivity index (χ2n) is 8.07. The zero-order valence-corrected chi connectivity index (χ0v) is 18.1. The van der Waals surface area contributed by atoms with Gasteiger partial charge in [-0.1, -0.05) is 18.2 Å². The smallest absolute Gasteiger partial charge is 0.325 e. The Kier molecular flexibility index (Phi) is 7.47. The number of carbonyl (C=O) groups is 4. The first kappa shape index (κ1) is 23.3. The van der Waals surface area contributed by atoms with Crippen molar-refractivity contribution in [3.8, 4) is 0 Å². The summed E-state index contributed by atoms with van der Waals surface area (Å²) in [7, 11) is 0. The van der Waals surface area contributed by atoms with Gasteiger partial charge in [0.05, 0.1) is 6.04 Å². The first-order valence-corrected chi connectivity index (χ1v) is 10.7. The minimum atomic E-state index is -1.18. The van der Waals surface area contributed by atoms with Crippen LogP contribution in [0.2, 0.25) is 0 Å². The minimum Gasteiger partial charge on any atom is -0.480 e. The molecule has 0 bridgehead atoms. The van der Waals surface area contributed by atoms with Crippen LogP contribution in [0.15, 0.2) is 30.5 Å². The van der Waals surface area contributed by atoms with Crippen molar-refractivity contribution >= 4 is 34.6 Å². The van der Waals surface area contributed by atoms with Crippen LogP contribution in [0.1, 0.15) is 32.3 Å². The fourth-order valence-electron chi connectivity index (χ4n) is 3.69. The number of hydrogen-bond acceptors (Lipinski definition) is 5. The predicted molar refractivity (Wildman–Crippen MR) is 118 cm³/mol. The van der Waals surface area contributed by atoms with Crippen LogP contribution in [0.3, 0.4) is 0 Å². The Morgan fingerprint density at radius 1 is 1.06 bits per heavy atom. The van der Waals surface area contributed by atoms with Crippen molar-refractivity contribution in [3.63, 3.8) is 0 Å². The molecule has 1 fully saturated rings. The van der Waals surface area contributed by atoms with Crippen LogP contribution in [0.25, 0.3) is 10.9 Å². The van der Waals surface area contributed by atoms with Gasteiger partial charge in [-0.15, -0.1) is 0 Å². The highest BCUT2D eigenvalue weighted by Gasteiger charge is 2.30. The van der Waals surface area contributed by atoms with E-state index in [0.717, 1.165) is 29.4 Å². The van der Waals surface area contributed by atoms with Crippen molar-refractivity contribution < 1.29 is 24.3 Å². The Balaban J connectivity index is 1.73. The summed E-state index contributed by atoms with van der Waals surface area (Å²) < 4.78 is 0. The number of carboxylic acids is 1. The summed E-state index contributed by atoms with van der Waals surface area (Å²) in [6.07, 6.45) is 3.61. The molecule has 0 radical (unpaired) electrons. The molecule has 6 N–H and O–H groups in total. The van der Waals surface area contributed by atoms with Crippen molar-refractivity contribution in [2.75, 3.05) is 6.54 Å². The monoisotopic (exact) mass is 443 g/mol. The molecule has 32 heavy (non-hydrogen) atoms. The third-order valence-electron chi connectivity index (χ3n) is 5.59. The molecule has 3 rings (SSSR count). The average molecular weight is 444 g/mol. The number of benzene rings is 1. The number of nitrogens with one attached hydrogen (secondary N) is 5. The van der Waals surface area contributed by atoms with Crippen molar-refractivity contribution in [2.24, 2.45) is 0 Å². The van der Waals surface area contributed by atoms with E-state index in [1.165, 1.54) is 13.8 Å². The molecular weight excluding hydrogens is 414 g/mol. The quantitative estimate of drug-likeness (QED) is 0.322. The van der Waals surface area contributed by atoms with E-state index in [2.05, 4.69) is 26.3 Å². The first-order chi connectivity index (χ1) is 15.3. The van der Waals surface area contributed by atoms with Crippen molar-refractivity contribution in [1.82, 2.24) is 26.3 Å². The van der Waals surface area contributed by atoms with Crippen LogP contribution in [0.5, 0.6) is 0 Å². The molecule has 1 aromatic heterocycles. The van der Waals surface area contributed by atoms with E-state index < -0.39 is 35.9 Å². The molecule has 10 nitrogen and oxygen atoms in total. The van der Waals surface area contributed by atoms with E-state index >= 15 is 0 Å². The Labute approximate surface area is 185 Å². The summed E-state index contributed by atoms with van der Waals surface area (Å²) in [6, 6.07) is 4.32. The van der Waals surface area contributed by atoms with Gasteiger partial charge in [-0.25, -0.2) is 0 Å². The molecule has 0 saturated carbocycles. The van der Waals surface area contributed by atoms with Crippen molar-refractivity contribution in [1.29, 1.82) is 0 Å². The van der Waals surface area contributed by atoms with Crippen LogP contribution < -0.4 is 21.3 Å². The molecule has 10 heteroatoms. The maximum absolute atomic E-state index is 13.0. The van der Waals surface area contributed by atoms with E-state index in [4.69, 9.17) is 5.11 Å². The summed E-state index contributed by atoms with van der Waals surface area (Å²) in [6.45, 7) is 3.55. The lowest BCUT2D eigenvalue weighted by Gasteiger charge is -2.23. The largest absolute Gasteiger partial charge is 0.480 e. The molecule has 1 saturated heterocycles. The zero-order chi connectivity index (χ0) is 23.3. The highest BCUT2D eigenvalue weighted by Crippen LogP contribution is 2.19. The van der Waals surface area contributed by atoms with Crippen LogP contribution in [-0.2, 0) is 25.6 Å². The molecular formula is C22H29N5O5. The summed E-state index contributed by atoms with van der Waals surface area (Å²) in [5.74, 6) is -2.58. The molecule has 1 aliphatic rings. The number of aliphatic carboxylic acids is 1. The van der Waals surface area contributed by atoms with Crippen molar-refractivity contribution in [2.45, 2.75) is 57.3 Å². The number of H-pyrrole nitrogens is 1. The molecule has 2 aromatic rings. The molecule has 172 valence electrons. The lowest BCUT2D eigenvalue weighted by atomic mass is 10.0. The number of amides is 3. The number of hydrogen-bond donors (Lipinski definition) is 6. The number of carbonyl (C=O) groups excluding carboxylic acids is 3. The fourth-order valence-corrected chi connectivity index (χ4v) is 3.69. The number of aromatic nitrogens is 1. The lowest BCUT2D eigenvalue weighted by molar-refractivity contribution is -0.141. The minimum absolute atomic E-state index is 0.230. The Hall–Kier alpha value is -3.40. The summed E-state index contributed by atoms with van der Waals surface area (Å²) in [4.78, 5) is 52.1. The van der Waals surface area contributed by atoms with Gasteiger partial charge < -0.3 is 31.4 Å². The topological polar surface area (TPSA) is 152 Å². The molecule has 4 atom stereocenters. The molecule has 0 spiro atoms. The molecule has 4 unspecified atom stereocenters. The normalized spacial score (nSPS) is 18.5. The van der Waals surface area contributed by atoms with Crippen LogP contribution in [-0.4, -0.2) is 64.5 Å². The number of aromatic amines is 1. The van der Waals surface area contributed by atoms with Crippen LogP contribution in [0, 0.1) is 0 Å². The third kappa shape index (κ3) is 5.64. The van der Waals surface area contributed by atoms with Gasteiger partial charge in [-0.2, -0.15) is 0 Å². The Bertz CT molecular complexity index is 998. The van der Waals surface area contributed by atoms with Crippen molar-refractivity contribution in [3.05, 3.63) is 36.0 Å². The maximum Gasteiger partial charge on any atom is 0.325 e. The molecule has 0 aliphatic carbocycles. The highest BCUT2D eigenvalue weighted by atomic mass is 16.4. The molecule has 1 aliphatic heterocycles. The first-order valence-electron chi connectivity index (χ1n) is 10.7. The Morgan fingerprint density at radius 3 is 2.47 bits per heavy atom. The van der Waals surface area contributed by atoms with Gasteiger partial charge >= 0.3 is 5.97 Å². The second kappa shape index (κ2) is 10.3. The summed E-state index contributed by atoms with van der Waals surface area (Å²) >= 11 is 0. The van der Waals surface area contributed by atoms with Gasteiger partial charge in [0.15, 0.2) is 0 Å². The van der Waals surface area contributed by atoms with E-state index in [-0.39, 0.29) is 18.4 Å². The van der Waals surface area contributed by atoms with E-state index in [0.29, 0.717) is 6.42 Å². The number of para-hydroxylation sites is 1. The highest BCUT2D eigenvalue weighted by molar-refractivity contribution is 5.94. The standard InChI is InChI=1S/C22H29N5O5/c1-12(19(28)26-13(2)22(31)32)25-21(30)18(27-20(29)17-8-5-9-23-17)10-14-11-24-16-7-4-3-6-15(14)16/h3-4,6-7,11-13,17-18,23-24H,5,8-10H2,1-2H3,(H,25,30)(H,26,28)(H,27,29)(H,31,32). The van der Waals surface area contributed by atoms with Gasteiger partial charge in [0.25, 0.3) is 0 Å². The molecule has 1 aromatic carbocycles. The SMILES string of the molecule is CC(NC(=O)C(C)NC(=O)C(Cc1c[nH]c2ccccc12)NC(=O)C1CCCN1)C(=O)O. The summed E-state index contributed by atoms with van der Waals surface area (Å²) in [5.41, 5.74) is 1.78. The zero-order valence-electron chi connectivity index (χ0n) is 18.1. The number of carboxylic acid groups (broad SMARTS) is 1. The average Bonchev–Trinajstić information content (AvgIpc) is 3.43. The van der Waals surface area contributed by atoms with Gasteiger partial charge in [0.1, 0.15) is 18.1 Å². The third-order valence-corrected chi connectivity index (χ3v) is 5.59. The Morgan fingerprint density at radius 2 is 1.78 bits per heavy atom. The fraction of sp³-hybridized carbons (Fsp3) is 0.455. The summed E-state index contributed by atoms with van der Waals surface area (Å²) in [5, 5.41) is 20.7. The van der Waals surface area contributed by atoms with Gasteiger partial charge in [-0.05, 0) is 44.9 Å². The second-order valence-corrected chi connectivity index (χ2v) is 8.07. The van der Waals surface area contributed by atoms with Gasteiger partial charge in [0.2, 0.25) is 17.7 Å². The van der Waals surface area contributed by atoms with E-state index in [1.54, 1.807) is 6.20 Å². The van der Waals surface area contributed by atoms with E-state index in [1.807, 2.05) is 24.3 Å². The maximum atomic E-state index is 13.0. The van der Waals surface area contributed by atoms with E-state index in [9.17, 15) is 19.2 Å². The van der Waals surface area contributed by atoms with Crippen LogP contribution in [0.4, 0.5) is 0 Å². The molecule has 3 amide bonds. The van der Waals surface area contributed by atoms with Gasteiger partial charge in [-0.3, -0.25) is 19.2 Å². The van der Waals surface area contributed by atoms with Gasteiger partial charge in [0, 0.05) is 23.5 Å². The van der Waals surface area contributed by atoms with Crippen LogP contribution >= 0.6 is 0 Å². The number of rotatable bonds is 9. The molecule has 2 heterocycles. The lowest BCUT2D eigenvalue weighted by Crippen LogP contribution is -2.56. The predicted octanol–water partition coefficient (Wildman–Crippen LogP) is 0.0412.